The first-order valence-electron chi connectivity index (χ1n) is 6.78. The van der Waals surface area contributed by atoms with Crippen LogP contribution in [-0.4, -0.2) is 33.0 Å². The minimum atomic E-state index is -1.05. The number of carbonyl (C=O) groups excluding carboxylic acids is 1. The van der Waals surface area contributed by atoms with Crippen LogP contribution in [0.4, 0.5) is 0 Å². The number of carboxylic acids is 1. The molecule has 0 saturated carbocycles. The Bertz CT molecular complexity index is 672. The van der Waals surface area contributed by atoms with Gasteiger partial charge in [-0.15, -0.1) is 0 Å². The lowest BCUT2D eigenvalue weighted by Crippen LogP contribution is -2.45. The Kier molecular flexibility index (Phi) is 4.47. The molecular formula is C15H17N3O3. The molecule has 2 rings (SSSR count). The van der Waals surface area contributed by atoms with Crippen molar-refractivity contribution >= 4 is 22.9 Å². The number of aromatic nitrogens is 2. The summed E-state index contributed by atoms with van der Waals surface area (Å²) in [6.07, 6.45) is 2.01. The molecular weight excluding hydrogens is 270 g/mol. The predicted molar refractivity (Wildman–Crippen MR) is 77.9 cm³/mol. The summed E-state index contributed by atoms with van der Waals surface area (Å²) in [6.45, 7) is 3.66. The SMILES string of the molecule is CCC(C)[C@H](NC(=O)c1cnc2ccccc2n1)C(=O)O. The summed E-state index contributed by atoms with van der Waals surface area (Å²) >= 11 is 0. The van der Waals surface area contributed by atoms with E-state index in [-0.39, 0.29) is 11.6 Å². The van der Waals surface area contributed by atoms with E-state index in [1.54, 1.807) is 25.1 Å². The molecule has 21 heavy (non-hydrogen) atoms. The third-order valence-corrected chi connectivity index (χ3v) is 3.45. The highest BCUT2D eigenvalue weighted by Gasteiger charge is 2.26. The van der Waals surface area contributed by atoms with E-state index in [0.29, 0.717) is 17.5 Å². The molecule has 0 bridgehead atoms. The lowest BCUT2D eigenvalue weighted by Gasteiger charge is -2.19. The summed E-state index contributed by atoms with van der Waals surface area (Å²) in [5.74, 6) is -1.74. The fourth-order valence-electron chi connectivity index (χ4n) is 1.96. The molecule has 110 valence electrons. The lowest BCUT2D eigenvalue weighted by molar-refractivity contribution is -0.140. The Labute approximate surface area is 122 Å². The number of benzene rings is 1. The van der Waals surface area contributed by atoms with Gasteiger partial charge < -0.3 is 10.4 Å². The number of para-hydroxylation sites is 2. The van der Waals surface area contributed by atoms with Gasteiger partial charge in [-0.2, -0.15) is 0 Å². The van der Waals surface area contributed by atoms with Crippen molar-refractivity contribution in [1.82, 2.24) is 15.3 Å². The van der Waals surface area contributed by atoms with E-state index < -0.39 is 17.9 Å². The van der Waals surface area contributed by atoms with Crippen LogP contribution in [0, 0.1) is 5.92 Å². The zero-order valence-electron chi connectivity index (χ0n) is 11.9. The third kappa shape index (κ3) is 3.34. The average molecular weight is 287 g/mol. The maximum Gasteiger partial charge on any atom is 0.326 e. The van der Waals surface area contributed by atoms with Gasteiger partial charge in [0.25, 0.3) is 5.91 Å². The summed E-state index contributed by atoms with van der Waals surface area (Å²) in [7, 11) is 0. The van der Waals surface area contributed by atoms with Crippen molar-refractivity contribution in [2.45, 2.75) is 26.3 Å². The van der Waals surface area contributed by atoms with Gasteiger partial charge in [0, 0.05) is 0 Å². The molecule has 6 heteroatoms. The average Bonchev–Trinajstić information content (AvgIpc) is 2.50. The maximum atomic E-state index is 12.1. The van der Waals surface area contributed by atoms with E-state index in [9.17, 15) is 14.7 Å². The van der Waals surface area contributed by atoms with Crippen molar-refractivity contribution in [3.05, 3.63) is 36.2 Å². The first kappa shape index (κ1) is 14.9. The predicted octanol–water partition coefficient (Wildman–Crippen LogP) is 1.86. The molecule has 0 aliphatic heterocycles. The summed E-state index contributed by atoms with van der Waals surface area (Å²) in [5.41, 5.74) is 1.40. The van der Waals surface area contributed by atoms with E-state index in [1.165, 1.54) is 6.20 Å². The number of amides is 1. The minimum absolute atomic E-state index is 0.114. The molecule has 0 aliphatic rings. The Morgan fingerprint density at radius 1 is 1.29 bits per heavy atom. The van der Waals surface area contributed by atoms with E-state index in [4.69, 9.17) is 0 Å². The standard InChI is InChI=1S/C15H17N3O3/c1-3-9(2)13(15(20)21)18-14(19)12-8-16-10-6-4-5-7-11(10)17-12/h4-9,13H,3H2,1-2H3,(H,18,19)(H,20,21)/t9?,13-/m0/s1. The normalized spacial score (nSPS) is 13.6. The Hall–Kier alpha value is -2.50. The summed E-state index contributed by atoms with van der Waals surface area (Å²) in [5, 5.41) is 11.7. The van der Waals surface area contributed by atoms with Crippen LogP contribution in [0.2, 0.25) is 0 Å². The largest absolute Gasteiger partial charge is 0.480 e. The Morgan fingerprint density at radius 3 is 2.57 bits per heavy atom. The topological polar surface area (TPSA) is 92.2 Å². The number of carbonyl (C=O) groups is 2. The van der Waals surface area contributed by atoms with Crippen LogP contribution < -0.4 is 5.32 Å². The molecule has 6 nitrogen and oxygen atoms in total. The van der Waals surface area contributed by atoms with Crippen LogP contribution in [0.25, 0.3) is 11.0 Å². The molecule has 2 atom stereocenters. The van der Waals surface area contributed by atoms with Crippen molar-refractivity contribution in [3.63, 3.8) is 0 Å². The lowest BCUT2D eigenvalue weighted by atomic mass is 9.99. The first-order chi connectivity index (χ1) is 10.0. The highest BCUT2D eigenvalue weighted by atomic mass is 16.4. The van der Waals surface area contributed by atoms with Crippen LogP contribution in [0.3, 0.4) is 0 Å². The molecule has 0 fully saturated rings. The van der Waals surface area contributed by atoms with Crippen molar-refractivity contribution in [3.8, 4) is 0 Å². The number of hydrogen-bond donors (Lipinski definition) is 2. The van der Waals surface area contributed by atoms with Gasteiger partial charge in [0.1, 0.15) is 11.7 Å². The molecule has 0 spiro atoms. The van der Waals surface area contributed by atoms with Gasteiger partial charge >= 0.3 is 5.97 Å². The molecule has 0 saturated heterocycles. The van der Waals surface area contributed by atoms with Crippen LogP contribution >= 0.6 is 0 Å². The monoisotopic (exact) mass is 287 g/mol. The minimum Gasteiger partial charge on any atom is -0.480 e. The third-order valence-electron chi connectivity index (χ3n) is 3.45. The number of hydrogen-bond acceptors (Lipinski definition) is 4. The van der Waals surface area contributed by atoms with Gasteiger partial charge in [-0.05, 0) is 18.1 Å². The molecule has 2 aromatic rings. The molecule has 1 aromatic carbocycles. The molecule has 1 heterocycles. The number of nitrogens with one attached hydrogen (secondary N) is 1. The zero-order chi connectivity index (χ0) is 15.4. The first-order valence-corrected chi connectivity index (χ1v) is 6.78. The van der Waals surface area contributed by atoms with Crippen LogP contribution in [0.5, 0.6) is 0 Å². The second-order valence-electron chi connectivity index (χ2n) is 4.92. The highest BCUT2D eigenvalue weighted by molar-refractivity contribution is 5.96. The fraction of sp³-hybridized carbons (Fsp3) is 0.333. The maximum absolute atomic E-state index is 12.1. The van der Waals surface area contributed by atoms with E-state index in [2.05, 4.69) is 15.3 Å². The molecule has 0 radical (unpaired) electrons. The highest BCUT2D eigenvalue weighted by Crippen LogP contribution is 2.11. The quantitative estimate of drug-likeness (QED) is 0.875. The van der Waals surface area contributed by atoms with Crippen LogP contribution in [0.1, 0.15) is 30.8 Å². The zero-order valence-corrected chi connectivity index (χ0v) is 11.9. The second kappa shape index (κ2) is 6.30. The molecule has 1 unspecified atom stereocenters. The van der Waals surface area contributed by atoms with Crippen LogP contribution in [-0.2, 0) is 4.79 Å². The molecule has 2 N–H and O–H groups in total. The molecule has 0 aliphatic carbocycles. The van der Waals surface area contributed by atoms with Crippen molar-refractivity contribution in [1.29, 1.82) is 0 Å². The summed E-state index contributed by atoms with van der Waals surface area (Å²) in [4.78, 5) is 31.7. The smallest absolute Gasteiger partial charge is 0.326 e. The van der Waals surface area contributed by atoms with E-state index in [0.717, 1.165) is 0 Å². The van der Waals surface area contributed by atoms with Gasteiger partial charge in [-0.1, -0.05) is 32.4 Å². The Balaban J connectivity index is 2.23. The van der Waals surface area contributed by atoms with Crippen molar-refractivity contribution in [2.75, 3.05) is 0 Å². The van der Waals surface area contributed by atoms with Crippen LogP contribution in [0.15, 0.2) is 30.5 Å². The number of nitrogens with zero attached hydrogens (tertiary/aromatic N) is 2. The molecule has 1 amide bonds. The van der Waals surface area contributed by atoms with Gasteiger partial charge in [-0.3, -0.25) is 9.78 Å². The van der Waals surface area contributed by atoms with Gasteiger partial charge in [0.2, 0.25) is 0 Å². The molecule has 1 aromatic heterocycles. The summed E-state index contributed by atoms with van der Waals surface area (Å²) < 4.78 is 0. The van der Waals surface area contributed by atoms with Crippen molar-refractivity contribution < 1.29 is 14.7 Å². The van der Waals surface area contributed by atoms with Gasteiger partial charge in [0.15, 0.2) is 0 Å². The number of aliphatic carboxylic acids is 1. The summed E-state index contributed by atoms with van der Waals surface area (Å²) in [6, 6.07) is 6.25. The number of rotatable bonds is 5. The van der Waals surface area contributed by atoms with Gasteiger partial charge in [0.05, 0.1) is 17.2 Å². The number of fused-ring (bicyclic) bond motifs is 1. The van der Waals surface area contributed by atoms with Gasteiger partial charge in [-0.25, -0.2) is 9.78 Å². The fourth-order valence-corrected chi connectivity index (χ4v) is 1.96. The Morgan fingerprint density at radius 2 is 1.95 bits per heavy atom. The van der Waals surface area contributed by atoms with E-state index in [1.807, 2.05) is 13.0 Å². The number of carboxylic acid groups (broad SMARTS) is 1. The second-order valence-corrected chi connectivity index (χ2v) is 4.92. The van der Waals surface area contributed by atoms with Crippen molar-refractivity contribution in [2.24, 2.45) is 5.92 Å². The van der Waals surface area contributed by atoms with E-state index >= 15 is 0 Å².